The lowest BCUT2D eigenvalue weighted by molar-refractivity contribution is -0.121. The number of benzene rings is 1. The van der Waals surface area contributed by atoms with Crippen LogP contribution in [-0.2, 0) is 9.53 Å². The van der Waals surface area contributed by atoms with Crippen LogP contribution in [0.25, 0.3) is 17.1 Å². The van der Waals surface area contributed by atoms with E-state index in [0.29, 0.717) is 41.7 Å². The number of nitrogens with zero attached hydrogens (tertiary/aromatic N) is 3. The number of amides is 2. The fraction of sp³-hybridized carbons (Fsp3) is 0.286. The molecular formula is C21H23ClN4O4. The zero-order valence-electron chi connectivity index (χ0n) is 16.8. The van der Waals surface area contributed by atoms with Gasteiger partial charge in [-0.05, 0) is 36.8 Å². The van der Waals surface area contributed by atoms with Gasteiger partial charge in [-0.25, -0.2) is 4.68 Å². The number of nitrogens with one attached hydrogen (secondary N) is 1. The smallest absolute Gasteiger partial charge is 0.274 e. The number of furan rings is 1. The van der Waals surface area contributed by atoms with Gasteiger partial charge in [0, 0.05) is 38.4 Å². The summed E-state index contributed by atoms with van der Waals surface area (Å²) in [7, 11) is 3.16. The highest BCUT2D eigenvalue weighted by Gasteiger charge is 2.22. The SMILES string of the molecule is COCCCNC(=O)CN(C)C(=O)c1cc(-c2ccco2)n(-c2cccc(Cl)c2)n1. The molecule has 0 bridgehead atoms. The summed E-state index contributed by atoms with van der Waals surface area (Å²) in [5.41, 5.74) is 1.48. The van der Waals surface area contributed by atoms with Crippen molar-refractivity contribution in [2.75, 3.05) is 33.9 Å². The molecule has 0 aliphatic heterocycles. The Balaban J connectivity index is 1.79. The van der Waals surface area contributed by atoms with Crippen LogP contribution < -0.4 is 5.32 Å². The van der Waals surface area contributed by atoms with Gasteiger partial charge in [-0.15, -0.1) is 0 Å². The molecule has 8 nitrogen and oxygen atoms in total. The van der Waals surface area contributed by atoms with Gasteiger partial charge < -0.3 is 19.4 Å². The van der Waals surface area contributed by atoms with Gasteiger partial charge in [0.2, 0.25) is 5.91 Å². The molecule has 3 rings (SSSR count). The molecule has 2 aromatic heterocycles. The van der Waals surface area contributed by atoms with E-state index in [4.69, 9.17) is 20.8 Å². The maximum absolute atomic E-state index is 12.9. The largest absolute Gasteiger partial charge is 0.463 e. The normalized spacial score (nSPS) is 10.8. The van der Waals surface area contributed by atoms with Crippen molar-refractivity contribution in [1.82, 2.24) is 20.0 Å². The molecule has 2 amide bonds. The van der Waals surface area contributed by atoms with Crippen LogP contribution in [0, 0.1) is 0 Å². The summed E-state index contributed by atoms with van der Waals surface area (Å²) in [6.07, 6.45) is 2.25. The van der Waals surface area contributed by atoms with E-state index in [-0.39, 0.29) is 24.1 Å². The van der Waals surface area contributed by atoms with Crippen LogP contribution in [0.2, 0.25) is 5.02 Å². The van der Waals surface area contributed by atoms with Gasteiger partial charge >= 0.3 is 0 Å². The van der Waals surface area contributed by atoms with Gasteiger partial charge in [0.15, 0.2) is 11.5 Å². The van der Waals surface area contributed by atoms with Crippen LogP contribution in [0.1, 0.15) is 16.9 Å². The third kappa shape index (κ3) is 5.28. The summed E-state index contributed by atoms with van der Waals surface area (Å²) in [6, 6.07) is 12.3. The fourth-order valence-electron chi connectivity index (χ4n) is 2.87. The van der Waals surface area contributed by atoms with Gasteiger partial charge in [0.05, 0.1) is 18.5 Å². The number of ether oxygens (including phenoxy) is 1. The van der Waals surface area contributed by atoms with Gasteiger partial charge in [0.25, 0.3) is 5.91 Å². The zero-order valence-corrected chi connectivity index (χ0v) is 17.6. The van der Waals surface area contributed by atoms with Crippen molar-refractivity contribution >= 4 is 23.4 Å². The third-order valence-corrected chi connectivity index (χ3v) is 4.56. The summed E-state index contributed by atoms with van der Waals surface area (Å²) >= 11 is 6.12. The highest BCUT2D eigenvalue weighted by molar-refractivity contribution is 6.30. The summed E-state index contributed by atoms with van der Waals surface area (Å²) < 4.78 is 12.0. The van der Waals surface area contributed by atoms with E-state index in [0.717, 1.165) is 0 Å². The highest BCUT2D eigenvalue weighted by atomic mass is 35.5. The second-order valence-electron chi connectivity index (χ2n) is 6.64. The van der Waals surface area contributed by atoms with Crippen LogP contribution >= 0.6 is 11.6 Å². The van der Waals surface area contributed by atoms with Crippen LogP contribution in [0.5, 0.6) is 0 Å². The van der Waals surface area contributed by atoms with E-state index in [1.807, 2.05) is 6.07 Å². The Hall–Kier alpha value is -3.10. The Morgan fingerprint density at radius 2 is 2.10 bits per heavy atom. The maximum Gasteiger partial charge on any atom is 0.274 e. The molecule has 9 heteroatoms. The number of hydrogen-bond donors (Lipinski definition) is 1. The second kappa shape index (κ2) is 10.1. The van der Waals surface area contributed by atoms with Crippen molar-refractivity contribution in [3.8, 4) is 17.1 Å². The molecule has 0 atom stereocenters. The Bertz CT molecular complexity index is 1000. The van der Waals surface area contributed by atoms with Crippen molar-refractivity contribution in [1.29, 1.82) is 0 Å². The Morgan fingerprint density at radius 3 is 2.80 bits per heavy atom. The van der Waals surface area contributed by atoms with Crippen LogP contribution in [0.3, 0.4) is 0 Å². The Morgan fingerprint density at radius 1 is 1.27 bits per heavy atom. The van der Waals surface area contributed by atoms with Crippen molar-refractivity contribution in [2.24, 2.45) is 0 Å². The molecule has 1 N–H and O–H groups in total. The van der Waals surface area contributed by atoms with E-state index >= 15 is 0 Å². The Kier molecular flexibility index (Phi) is 7.26. The average Bonchev–Trinajstić information content (AvgIpc) is 3.40. The maximum atomic E-state index is 12.9. The standard InChI is InChI=1S/C21H23ClN4O4/c1-25(14-20(27)23-9-5-10-29-2)21(28)17-13-18(19-8-4-11-30-19)26(24-17)16-7-3-6-15(22)12-16/h3-4,6-8,11-13H,5,9-10,14H2,1-2H3,(H,23,27). The first-order valence-electron chi connectivity index (χ1n) is 9.40. The molecule has 0 saturated heterocycles. The van der Waals surface area contributed by atoms with E-state index in [1.165, 1.54) is 4.90 Å². The van der Waals surface area contributed by atoms with Crippen LogP contribution in [0.4, 0.5) is 0 Å². The number of carbonyl (C=O) groups is 2. The molecule has 1 aromatic carbocycles. The molecular weight excluding hydrogens is 408 g/mol. The molecule has 0 aliphatic rings. The lowest BCUT2D eigenvalue weighted by atomic mass is 10.2. The highest BCUT2D eigenvalue weighted by Crippen LogP contribution is 2.26. The number of methoxy groups -OCH3 is 1. The fourth-order valence-corrected chi connectivity index (χ4v) is 3.06. The summed E-state index contributed by atoms with van der Waals surface area (Å²) in [6.45, 7) is 0.970. The van der Waals surface area contributed by atoms with Crippen LogP contribution in [-0.4, -0.2) is 60.3 Å². The molecule has 0 radical (unpaired) electrons. The predicted octanol–water partition coefficient (Wildman–Crippen LogP) is 3.01. The summed E-state index contributed by atoms with van der Waals surface area (Å²) in [4.78, 5) is 26.3. The lowest BCUT2D eigenvalue weighted by Gasteiger charge is -2.15. The minimum absolute atomic E-state index is 0.0775. The number of carbonyl (C=O) groups excluding carboxylic acids is 2. The number of likely N-dealkylation sites (N-methyl/N-ethyl adjacent to an activating group) is 1. The molecule has 30 heavy (non-hydrogen) atoms. The molecule has 0 saturated carbocycles. The molecule has 0 aliphatic carbocycles. The van der Waals surface area contributed by atoms with E-state index in [2.05, 4.69) is 10.4 Å². The molecule has 0 fully saturated rings. The molecule has 0 unspecified atom stereocenters. The van der Waals surface area contributed by atoms with Crippen molar-refractivity contribution in [3.63, 3.8) is 0 Å². The quantitative estimate of drug-likeness (QED) is 0.527. The van der Waals surface area contributed by atoms with Gasteiger partial charge in [-0.3, -0.25) is 9.59 Å². The summed E-state index contributed by atoms with van der Waals surface area (Å²) in [5.74, 6) is -0.0711. The number of hydrogen-bond acceptors (Lipinski definition) is 5. The first kappa shape index (κ1) is 21.6. The topological polar surface area (TPSA) is 89.6 Å². The van der Waals surface area contributed by atoms with Crippen LogP contribution in [0.15, 0.2) is 53.1 Å². The third-order valence-electron chi connectivity index (χ3n) is 4.33. The first-order valence-corrected chi connectivity index (χ1v) is 9.78. The van der Waals surface area contributed by atoms with Crippen molar-refractivity contribution < 1.29 is 18.7 Å². The first-order chi connectivity index (χ1) is 14.5. The lowest BCUT2D eigenvalue weighted by Crippen LogP contribution is -2.39. The second-order valence-corrected chi connectivity index (χ2v) is 7.08. The molecule has 2 heterocycles. The minimum Gasteiger partial charge on any atom is -0.463 e. The van der Waals surface area contributed by atoms with E-state index < -0.39 is 0 Å². The van der Waals surface area contributed by atoms with E-state index in [1.54, 1.807) is 61.5 Å². The Labute approximate surface area is 179 Å². The van der Waals surface area contributed by atoms with Gasteiger partial charge in [0.1, 0.15) is 5.69 Å². The average molecular weight is 431 g/mol. The number of aromatic nitrogens is 2. The minimum atomic E-state index is -0.379. The molecule has 3 aromatic rings. The monoisotopic (exact) mass is 430 g/mol. The van der Waals surface area contributed by atoms with Gasteiger partial charge in [-0.2, -0.15) is 5.10 Å². The van der Waals surface area contributed by atoms with Crippen molar-refractivity contribution in [2.45, 2.75) is 6.42 Å². The van der Waals surface area contributed by atoms with Gasteiger partial charge in [-0.1, -0.05) is 17.7 Å². The number of rotatable bonds is 9. The zero-order chi connectivity index (χ0) is 21.5. The summed E-state index contributed by atoms with van der Waals surface area (Å²) in [5, 5.41) is 7.75. The van der Waals surface area contributed by atoms with Crippen molar-refractivity contribution in [3.05, 3.63) is 59.4 Å². The van der Waals surface area contributed by atoms with E-state index in [9.17, 15) is 9.59 Å². The number of halogens is 1. The predicted molar refractivity (Wildman–Crippen MR) is 113 cm³/mol. The molecule has 0 spiro atoms. The molecule has 158 valence electrons.